The lowest BCUT2D eigenvalue weighted by molar-refractivity contribution is -0.273. The monoisotopic (exact) mass is 1920 g/mol. The number of fused-ring (bicyclic) bond motifs is 15. The van der Waals surface area contributed by atoms with Gasteiger partial charge < -0.3 is 110 Å². The highest BCUT2D eigenvalue weighted by molar-refractivity contribution is 6.32. The van der Waals surface area contributed by atoms with Crippen molar-refractivity contribution in [2.45, 2.75) is 249 Å². The second-order valence-corrected chi connectivity index (χ2v) is 40.5. The normalized spacial score (nSPS) is 25.7. The molecule has 6 aliphatic heterocycles. The maximum atomic E-state index is 16.9. The number of ketones is 3. The summed E-state index contributed by atoms with van der Waals surface area (Å²) in [5, 5.41) is 112. The van der Waals surface area contributed by atoms with E-state index in [0.29, 0.717) is 11.8 Å². The minimum Gasteiger partial charge on any atom is -0.508 e. The number of aliphatic hydroxyl groups is 5. The molecule has 136 heavy (non-hydrogen) atoms. The molecule has 1 saturated heterocycles. The SMILES string of the molecule is CC(C)C[C@H](C(=O)N[C@H]1C(=O)C[C@@H](CC(=O)NC(=O)Nc2ccc(OCCN(C)C(=O)OC(C)(C)C)cc2)C(=O)NC2C(=O)C[C@H]3C(=O)N[C@H](C(=O)N[C@H](C(=O)CC4C5CC6CC(C5)CC4C6)c4cc(O)cc(O)c4-c4cc3ccc4O)[C@H](O)c3ccc(c(Cl)c3)Oc3cc2cc(c3O[C@@H]2O[C@H](CCC(=O)OC(C)(C)C)[C@@H](O)[C@H](O)[C@H]2O)Oc2ccc(cc2Cl)[C@H]1O)N(C)C(=O)OC(C)(C)C. The Morgan fingerprint density at radius 1 is 0.596 bits per heavy atom. The van der Waals surface area contributed by atoms with Crippen LogP contribution in [0.15, 0.2) is 103 Å². The quantitative estimate of drug-likeness (QED) is 0.0249. The van der Waals surface area contributed by atoms with Crippen molar-refractivity contribution >= 4 is 100.0 Å². The molecule has 15 bridgehead atoms. The first-order valence-electron chi connectivity index (χ1n) is 45.4. The van der Waals surface area contributed by atoms with E-state index in [-0.39, 0.29) is 112 Å². The maximum absolute atomic E-state index is 16.9. The summed E-state index contributed by atoms with van der Waals surface area (Å²) < 4.78 is 48.8. The molecule has 36 nitrogen and oxygen atoms in total. The molecule has 6 aromatic carbocycles. The third-order valence-electron chi connectivity index (χ3n) is 25.3. The number of carbonyl (C=O) groups is 12. The number of Topliss-reactive ketones (excluding diaryl/α,β-unsaturated/α-hetero) is 3. The highest BCUT2D eigenvalue weighted by atomic mass is 35.5. The summed E-state index contributed by atoms with van der Waals surface area (Å²) in [4.78, 5) is 183. The summed E-state index contributed by atoms with van der Waals surface area (Å²) >= 11 is 14.5. The number of benzene rings is 6. The van der Waals surface area contributed by atoms with Crippen molar-refractivity contribution < 1.29 is 136 Å². The molecule has 38 heteroatoms. The van der Waals surface area contributed by atoms with Crippen LogP contribution in [0, 0.1) is 41.4 Å². The second kappa shape index (κ2) is 41.6. The Bertz CT molecular complexity index is 5550. The van der Waals surface area contributed by atoms with E-state index >= 15 is 33.6 Å². The zero-order valence-electron chi connectivity index (χ0n) is 77.7. The van der Waals surface area contributed by atoms with Gasteiger partial charge in [-0.05, 0) is 249 Å². The summed E-state index contributed by atoms with van der Waals surface area (Å²) in [5.74, 6) is -17.8. The van der Waals surface area contributed by atoms with Crippen molar-refractivity contribution in [2.75, 3.05) is 32.6 Å². The molecule has 732 valence electrons. The van der Waals surface area contributed by atoms with Gasteiger partial charge in [-0.25, -0.2) is 14.4 Å². The second-order valence-electron chi connectivity index (χ2n) is 39.7. The van der Waals surface area contributed by atoms with Crippen LogP contribution in [0.25, 0.3) is 11.1 Å². The van der Waals surface area contributed by atoms with Crippen molar-refractivity contribution in [3.8, 4) is 62.9 Å². The van der Waals surface area contributed by atoms with Crippen LogP contribution >= 0.6 is 23.2 Å². The number of carbonyl (C=O) groups excluding carboxylic acids is 12. The molecular formula is C98H118Cl2N8O28. The minimum atomic E-state index is -2.33. The number of anilines is 1. The zero-order valence-corrected chi connectivity index (χ0v) is 79.2. The van der Waals surface area contributed by atoms with Crippen LogP contribution in [-0.4, -0.2) is 215 Å². The summed E-state index contributed by atoms with van der Waals surface area (Å²) in [5.41, 5.74) is -4.76. The molecule has 1 unspecified atom stereocenters. The highest BCUT2D eigenvalue weighted by Gasteiger charge is 2.52. The lowest BCUT2D eigenvalue weighted by atomic mass is 9.51. The standard InChI is InChI=1S/C98H118Cl2N8O28/c1-45(2)28-64(108(13)95(128)136-98(9,10)11)90(124)105-80-67(112)37-54(40-75(115)102-93(126)101-55-17-19-57(20-18-55)129-27-26-107(12)94(127)135-97(6,7)8)88(122)103-78-53-38-73(130-70-22-15-49(82(80)117)35-62(70)99)87(133-92-86(121)85(120)84(119)72(132-92)24-25-76(116)134-96(3,4)5)74(39-53)131-71-23-16-50(36-63(71)100)83(118)81-91(125)104-79(69(114)43-58-51-30-46-29-47(32-51)33-52(58)31-46)61-41-56(109)42-66(111)77(61)60-34-48(14-21-65(60)110)59(44-68(78)113)89(123)106-81/h14-23,34-36,38-39,41-42,45-47,51-52,54,58-59,64,72,78-86,92,109-111,117-121H,24-33,37,40,43-44H2,1-13H3,(H,103,122)(H,104,125)(H,105,124)(H,106,123)(H2,101,102,115,126)/t46?,47?,51?,52?,54-,58?,59+,64+,72+,78?,79-,80-,81-,82+,83+,84+,85-,86+,92-/m0/s1. The van der Waals surface area contributed by atoms with Gasteiger partial charge in [0, 0.05) is 69.1 Å². The molecule has 4 saturated carbocycles. The lowest BCUT2D eigenvalue weighted by Gasteiger charge is -2.54. The predicted molar refractivity (Wildman–Crippen MR) is 490 cm³/mol. The predicted octanol–water partition coefficient (Wildman–Crippen LogP) is 11.7. The minimum absolute atomic E-state index is 0.0102. The van der Waals surface area contributed by atoms with Gasteiger partial charge in [-0.2, -0.15) is 0 Å². The summed E-state index contributed by atoms with van der Waals surface area (Å²) in [6.45, 7) is 18.4. The van der Waals surface area contributed by atoms with Gasteiger partial charge in [0.05, 0.1) is 34.5 Å². The number of nitrogens with one attached hydrogen (secondary N) is 6. The Morgan fingerprint density at radius 2 is 1.19 bits per heavy atom. The number of aliphatic hydroxyl groups excluding tert-OH is 5. The van der Waals surface area contributed by atoms with Gasteiger partial charge in [-0.15, -0.1) is 0 Å². The number of nitrogens with zero attached hydrogens (tertiary/aromatic N) is 2. The number of rotatable bonds is 20. The summed E-state index contributed by atoms with van der Waals surface area (Å²) in [6, 6.07) is 9.22. The number of imide groups is 1. The van der Waals surface area contributed by atoms with E-state index in [1.54, 1.807) is 76.2 Å². The first-order valence-corrected chi connectivity index (χ1v) is 46.1. The number of hydrogen-bond acceptors (Lipinski definition) is 28. The Morgan fingerprint density at radius 3 is 1.79 bits per heavy atom. The smallest absolute Gasteiger partial charge is 0.410 e. The van der Waals surface area contributed by atoms with Crippen molar-refractivity contribution in [2.24, 2.45) is 41.4 Å². The molecule has 6 heterocycles. The molecule has 10 aliphatic rings. The average Bonchev–Trinajstić information content (AvgIpc) is 0.753. The van der Waals surface area contributed by atoms with Crippen molar-refractivity contribution in [1.29, 1.82) is 0 Å². The van der Waals surface area contributed by atoms with Crippen LogP contribution in [-0.2, 0) is 62.1 Å². The van der Waals surface area contributed by atoms with Gasteiger partial charge in [0.15, 0.2) is 28.8 Å². The van der Waals surface area contributed by atoms with Gasteiger partial charge in [-0.3, -0.25) is 53.4 Å². The van der Waals surface area contributed by atoms with Crippen LogP contribution in [0.1, 0.15) is 211 Å². The number of likely N-dealkylation sites (N-methyl/N-ethyl adjacent to an activating group) is 2. The summed E-state index contributed by atoms with van der Waals surface area (Å²) in [7, 11) is 2.79. The number of phenols is 3. The third kappa shape index (κ3) is 24.4. The number of aromatic hydroxyl groups is 3. The van der Waals surface area contributed by atoms with E-state index in [0.717, 1.165) is 79.5 Å². The van der Waals surface area contributed by atoms with Crippen LogP contribution < -0.4 is 50.8 Å². The van der Waals surface area contributed by atoms with E-state index in [4.69, 9.17) is 61.1 Å². The van der Waals surface area contributed by atoms with Crippen LogP contribution in [0.5, 0.6) is 51.7 Å². The zero-order chi connectivity index (χ0) is 98.9. The molecule has 0 aromatic heterocycles. The number of halogens is 2. The number of urea groups is 1. The Kier molecular flexibility index (Phi) is 31.0. The molecular weight excluding hydrogens is 1810 g/mol. The Labute approximate surface area is 795 Å². The number of amides is 9. The van der Waals surface area contributed by atoms with E-state index in [1.807, 2.05) is 0 Å². The molecule has 16 rings (SSSR count). The highest BCUT2D eigenvalue weighted by Crippen LogP contribution is 2.59. The molecule has 0 radical (unpaired) electrons. The fourth-order valence-electron chi connectivity index (χ4n) is 19.0. The number of phenolic OH excluding ortho intramolecular Hbond substituents is 3. The van der Waals surface area contributed by atoms with E-state index in [9.17, 15) is 64.8 Å². The van der Waals surface area contributed by atoms with E-state index in [1.165, 1.54) is 79.7 Å². The van der Waals surface area contributed by atoms with Crippen molar-refractivity contribution in [3.05, 3.63) is 141 Å². The average molecular weight is 1930 g/mol. The number of ether oxygens (including phenoxy) is 8. The van der Waals surface area contributed by atoms with Crippen LogP contribution in [0.2, 0.25) is 10.0 Å². The molecule has 14 atom stereocenters. The Hall–Kier alpha value is -11.9. The molecule has 9 amide bonds. The molecule has 4 aliphatic carbocycles. The number of esters is 1. The van der Waals surface area contributed by atoms with Gasteiger partial charge in [0.1, 0.15) is 119 Å². The van der Waals surface area contributed by atoms with Gasteiger partial charge >= 0.3 is 24.2 Å². The van der Waals surface area contributed by atoms with Gasteiger partial charge in [-0.1, -0.05) is 55.2 Å². The maximum Gasteiger partial charge on any atom is 0.410 e. The van der Waals surface area contributed by atoms with E-state index < -0.39 is 249 Å². The fraction of sp³-hybridized carbons (Fsp3) is 0.510. The first-order chi connectivity index (χ1) is 63.9. The van der Waals surface area contributed by atoms with Crippen molar-refractivity contribution in [3.63, 3.8) is 0 Å². The molecule has 5 fully saturated rings. The first kappa shape index (κ1) is 102. The van der Waals surface area contributed by atoms with Gasteiger partial charge in [0.25, 0.3) is 0 Å². The summed E-state index contributed by atoms with van der Waals surface area (Å²) in [6.07, 6.45) is -15.8. The number of hydrogen-bond donors (Lipinski definition) is 14. The lowest BCUT2D eigenvalue weighted by Crippen LogP contribution is -2.59. The third-order valence-corrected chi connectivity index (χ3v) is 25.9. The fourth-order valence-corrected chi connectivity index (χ4v) is 19.4. The molecule has 0 spiro atoms. The molecule has 6 aromatic rings. The topological polar surface area (TPSA) is 519 Å². The van der Waals surface area contributed by atoms with Crippen molar-refractivity contribution in [1.82, 2.24) is 36.4 Å². The van der Waals surface area contributed by atoms with E-state index in [2.05, 4.69) is 31.9 Å². The van der Waals surface area contributed by atoms with Gasteiger partial charge in [0.2, 0.25) is 41.6 Å². The largest absolute Gasteiger partial charge is 0.508 e. The molecule has 14 N–H and O–H groups in total. The Balaban J connectivity index is 0.971. The van der Waals surface area contributed by atoms with Crippen LogP contribution in [0.4, 0.5) is 20.1 Å². The van der Waals surface area contributed by atoms with Crippen LogP contribution in [0.3, 0.4) is 0 Å².